The van der Waals surface area contributed by atoms with E-state index in [1.807, 2.05) is 12.3 Å². The summed E-state index contributed by atoms with van der Waals surface area (Å²) in [5, 5.41) is 1.86. The standard InChI is InChI=1S/C17H28N2O2S/c1-13-12-22-16(21)18(13)11-9-15(20)19-10-7-5-6-8-14(19)17(2,3)4/h12,14H,5-11H2,1-4H3. The number of thiazole rings is 1. The van der Waals surface area contributed by atoms with Crippen LogP contribution < -0.4 is 4.87 Å². The van der Waals surface area contributed by atoms with Gasteiger partial charge in [0.25, 0.3) is 0 Å². The van der Waals surface area contributed by atoms with Crippen LogP contribution in [0.4, 0.5) is 0 Å². The topological polar surface area (TPSA) is 42.3 Å². The van der Waals surface area contributed by atoms with Crippen LogP contribution in [0.15, 0.2) is 10.2 Å². The second-order valence-corrected chi connectivity index (χ2v) is 8.18. The number of aryl methyl sites for hydroxylation is 1. The molecule has 1 saturated heterocycles. The molecule has 1 unspecified atom stereocenters. The summed E-state index contributed by atoms with van der Waals surface area (Å²) in [5.74, 6) is 0.194. The molecule has 0 spiro atoms. The molecule has 0 N–H and O–H groups in total. The van der Waals surface area contributed by atoms with E-state index in [9.17, 15) is 9.59 Å². The Morgan fingerprint density at radius 2 is 2.05 bits per heavy atom. The molecule has 4 nitrogen and oxygen atoms in total. The zero-order valence-electron chi connectivity index (χ0n) is 14.2. The quantitative estimate of drug-likeness (QED) is 0.855. The molecule has 0 saturated carbocycles. The molecule has 2 rings (SSSR count). The normalized spacial score (nSPS) is 20.0. The lowest BCUT2D eigenvalue weighted by atomic mass is 9.83. The van der Waals surface area contributed by atoms with Crippen molar-refractivity contribution in [2.45, 2.75) is 72.4 Å². The summed E-state index contributed by atoms with van der Waals surface area (Å²) in [6, 6.07) is 0.308. The number of amides is 1. The molecule has 1 aliphatic rings. The van der Waals surface area contributed by atoms with E-state index >= 15 is 0 Å². The molecule has 1 amide bonds. The van der Waals surface area contributed by atoms with E-state index in [4.69, 9.17) is 0 Å². The minimum Gasteiger partial charge on any atom is -0.339 e. The highest BCUT2D eigenvalue weighted by atomic mass is 32.1. The third-order valence-electron chi connectivity index (χ3n) is 4.60. The van der Waals surface area contributed by atoms with Crippen molar-refractivity contribution in [2.75, 3.05) is 6.54 Å². The SMILES string of the molecule is Cc1csc(=O)n1CCC(=O)N1CCCCCC1C(C)(C)C. The fraction of sp³-hybridized carbons (Fsp3) is 0.765. The second kappa shape index (κ2) is 6.99. The minimum absolute atomic E-state index is 0.0357. The smallest absolute Gasteiger partial charge is 0.307 e. The van der Waals surface area contributed by atoms with Gasteiger partial charge in [0.15, 0.2) is 0 Å². The van der Waals surface area contributed by atoms with Gasteiger partial charge >= 0.3 is 4.87 Å². The van der Waals surface area contributed by atoms with Crippen molar-refractivity contribution in [3.63, 3.8) is 0 Å². The maximum atomic E-state index is 12.7. The summed E-state index contributed by atoms with van der Waals surface area (Å²) < 4.78 is 1.71. The zero-order valence-corrected chi connectivity index (χ0v) is 15.0. The predicted molar refractivity (Wildman–Crippen MR) is 91.4 cm³/mol. The summed E-state index contributed by atoms with van der Waals surface area (Å²) >= 11 is 1.21. The highest BCUT2D eigenvalue weighted by Crippen LogP contribution is 2.31. The van der Waals surface area contributed by atoms with E-state index in [2.05, 4.69) is 25.7 Å². The van der Waals surface area contributed by atoms with Crippen LogP contribution >= 0.6 is 11.3 Å². The first-order valence-electron chi connectivity index (χ1n) is 8.25. The first kappa shape index (κ1) is 17.3. The molecule has 124 valence electrons. The molecule has 5 heteroatoms. The Balaban J connectivity index is 2.07. The van der Waals surface area contributed by atoms with Gasteiger partial charge in [-0.05, 0) is 25.2 Å². The van der Waals surface area contributed by atoms with Gasteiger partial charge in [-0.3, -0.25) is 9.59 Å². The van der Waals surface area contributed by atoms with E-state index < -0.39 is 0 Å². The van der Waals surface area contributed by atoms with Crippen LogP contribution in [0.1, 0.15) is 58.6 Å². The van der Waals surface area contributed by atoms with Crippen molar-refractivity contribution in [2.24, 2.45) is 5.41 Å². The van der Waals surface area contributed by atoms with Crippen molar-refractivity contribution in [3.8, 4) is 0 Å². The predicted octanol–water partition coefficient (Wildman–Crippen LogP) is 3.43. The second-order valence-electron chi connectivity index (χ2n) is 7.36. The molecule has 2 heterocycles. The average Bonchev–Trinajstić information content (AvgIpc) is 2.67. The number of hydrogen-bond donors (Lipinski definition) is 0. The highest BCUT2D eigenvalue weighted by Gasteiger charge is 2.33. The highest BCUT2D eigenvalue weighted by molar-refractivity contribution is 7.07. The summed E-state index contributed by atoms with van der Waals surface area (Å²) in [6.07, 6.45) is 5.01. The van der Waals surface area contributed by atoms with Crippen molar-refractivity contribution >= 4 is 17.2 Å². The van der Waals surface area contributed by atoms with Gasteiger partial charge in [-0.1, -0.05) is 44.9 Å². The molecule has 0 radical (unpaired) electrons. The molecular formula is C17H28N2O2S. The lowest BCUT2D eigenvalue weighted by molar-refractivity contribution is -0.136. The van der Waals surface area contributed by atoms with Crippen LogP contribution in [-0.4, -0.2) is 28.0 Å². The van der Waals surface area contributed by atoms with Crippen molar-refractivity contribution in [1.82, 2.24) is 9.47 Å². The molecule has 0 bridgehead atoms. The summed E-state index contributed by atoms with van der Waals surface area (Å²) in [7, 11) is 0. The van der Waals surface area contributed by atoms with Crippen molar-refractivity contribution in [1.29, 1.82) is 0 Å². The molecule has 22 heavy (non-hydrogen) atoms. The molecule has 1 fully saturated rings. The zero-order chi connectivity index (χ0) is 16.3. The van der Waals surface area contributed by atoms with Gasteiger partial charge in [0.05, 0.1) is 0 Å². The Bertz CT molecular complexity index is 568. The molecule has 1 aromatic rings. The largest absolute Gasteiger partial charge is 0.339 e. The van der Waals surface area contributed by atoms with Gasteiger partial charge in [0, 0.05) is 36.6 Å². The van der Waals surface area contributed by atoms with Crippen molar-refractivity contribution in [3.05, 3.63) is 20.7 Å². The summed E-state index contributed by atoms with van der Waals surface area (Å²) in [6.45, 7) is 9.94. The van der Waals surface area contributed by atoms with Gasteiger partial charge in [-0.2, -0.15) is 0 Å². The number of carbonyl (C=O) groups is 1. The van der Waals surface area contributed by atoms with Gasteiger partial charge in [0.1, 0.15) is 0 Å². The van der Waals surface area contributed by atoms with E-state index in [-0.39, 0.29) is 16.2 Å². The Kier molecular flexibility index (Phi) is 5.48. The van der Waals surface area contributed by atoms with Gasteiger partial charge in [-0.25, -0.2) is 0 Å². The number of carbonyl (C=O) groups excluding carboxylic acids is 1. The van der Waals surface area contributed by atoms with Crippen LogP contribution in [0.2, 0.25) is 0 Å². The summed E-state index contributed by atoms with van der Waals surface area (Å²) in [4.78, 5) is 26.6. The number of aromatic nitrogens is 1. The molecule has 1 aliphatic heterocycles. The van der Waals surface area contributed by atoms with Gasteiger partial charge < -0.3 is 9.47 Å². The van der Waals surface area contributed by atoms with Crippen LogP contribution in [0.25, 0.3) is 0 Å². The maximum Gasteiger partial charge on any atom is 0.307 e. The van der Waals surface area contributed by atoms with Gasteiger partial charge in [0.2, 0.25) is 5.91 Å². The number of rotatable bonds is 3. The van der Waals surface area contributed by atoms with E-state index in [0.717, 1.165) is 25.1 Å². The Morgan fingerprint density at radius 1 is 1.32 bits per heavy atom. The van der Waals surface area contributed by atoms with Crippen LogP contribution in [0.5, 0.6) is 0 Å². The minimum atomic E-state index is 0.0357. The van der Waals surface area contributed by atoms with E-state index in [0.29, 0.717) is 19.0 Å². The number of nitrogens with zero attached hydrogens (tertiary/aromatic N) is 2. The van der Waals surface area contributed by atoms with Crippen LogP contribution in [-0.2, 0) is 11.3 Å². The average molecular weight is 324 g/mol. The molecule has 1 aromatic heterocycles. The fourth-order valence-corrected chi connectivity index (χ4v) is 4.09. The van der Waals surface area contributed by atoms with E-state index in [1.54, 1.807) is 4.57 Å². The molecule has 0 aromatic carbocycles. The lowest BCUT2D eigenvalue weighted by Gasteiger charge is -2.39. The van der Waals surface area contributed by atoms with Gasteiger partial charge in [-0.15, -0.1) is 0 Å². The third kappa shape index (κ3) is 4.00. The fourth-order valence-electron chi connectivity index (χ4n) is 3.33. The number of hydrogen-bond acceptors (Lipinski definition) is 3. The van der Waals surface area contributed by atoms with Crippen molar-refractivity contribution < 1.29 is 4.79 Å². The number of likely N-dealkylation sites (tertiary alicyclic amines) is 1. The first-order valence-corrected chi connectivity index (χ1v) is 9.13. The Morgan fingerprint density at radius 3 is 2.64 bits per heavy atom. The van der Waals surface area contributed by atoms with E-state index in [1.165, 1.54) is 24.2 Å². The van der Waals surface area contributed by atoms with Crippen LogP contribution in [0, 0.1) is 12.3 Å². The first-order chi connectivity index (χ1) is 10.3. The maximum absolute atomic E-state index is 12.7. The molecule has 0 aliphatic carbocycles. The monoisotopic (exact) mass is 324 g/mol. The Hall–Kier alpha value is -1.10. The Labute approximate surface area is 137 Å². The van der Waals surface area contributed by atoms with Crippen LogP contribution in [0.3, 0.4) is 0 Å². The molecular weight excluding hydrogens is 296 g/mol. The summed E-state index contributed by atoms with van der Waals surface area (Å²) in [5.41, 5.74) is 1.06. The third-order valence-corrected chi connectivity index (χ3v) is 5.48. The molecule has 1 atom stereocenters. The lowest BCUT2D eigenvalue weighted by Crippen LogP contribution is -2.47.